The van der Waals surface area contributed by atoms with Crippen molar-refractivity contribution in [2.24, 2.45) is 5.92 Å². The number of carbonyl (C=O) groups excluding carboxylic acids is 1. The highest BCUT2D eigenvalue weighted by Gasteiger charge is 2.48. The topological polar surface area (TPSA) is 104 Å². The third-order valence-electron chi connectivity index (χ3n) is 4.68. The van der Waals surface area contributed by atoms with Gasteiger partial charge >= 0.3 is 6.03 Å². The SMILES string of the molecule is COc1ccc([S+]([O-])C(C)(F)C2CCN(C(=O)Nc3ccon3)CC2)cn1. The lowest BCUT2D eigenvalue weighted by Crippen LogP contribution is -2.48. The molecule has 0 aliphatic carbocycles. The van der Waals surface area contributed by atoms with E-state index in [1.54, 1.807) is 17.0 Å². The average molecular weight is 396 g/mol. The predicted molar refractivity (Wildman–Crippen MR) is 96.5 cm³/mol. The van der Waals surface area contributed by atoms with Crippen molar-refractivity contribution in [1.29, 1.82) is 0 Å². The van der Waals surface area contributed by atoms with Gasteiger partial charge in [0.1, 0.15) is 6.26 Å². The number of nitrogens with one attached hydrogen (secondary N) is 1. The Kier molecular flexibility index (Phi) is 5.85. The fourth-order valence-corrected chi connectivity index (χ4v) is 4.38. The Morgan fingerprint density at radius 1 is 1.44 bits per heavy atom. The van der Waals surface area contributed by atoms with Crippen LogP contribution < -0.4 is 10.1 Å². The van der Waals surface area contributed by atoms with Gasteiger partial charge in [-0.05, 0) is 12.8 Å². The molecule has 2 aromatic heterocycles. The number of nitrogens with zero attached hydrogens (tertiary/aromatic N) is 3. The van der Waals surface area contributed by atoms with Crippen molar-refractivity contribution >= 4 is 23.0 Å². The zero-order valence-electron chi connectivity index (χ0n) is 15.1. The predicted octanol–water partition coefficient (Wildman–Crippen LogP) is 2.82. The zero-order chi connectivity index (χ0) is 19.4. The molecule has 0 bridgehead atoms. The maximum atomic E-state index is 15.4. The second-order valence-electron chi connectivity index (χ2n) is 6.37. The molecule has 1 fully saturated rings. The van der Waals surface area contributed by atoms with Crippen LogP contribution in [0, 0.1) is 5.92 Å². The number of ether oxygens (including phenoxy) is 1. The number of hydrogen-bond acceptors (Lipinski definition) is 6. The van der Waals surface area contributed by atoms with E-state index in [1.807, 2.05) is 0 Å². The number of anilines is 1. The van der Waals surface area contributed by atoms with Crippen LogP contribution in [0.25, 0.3) is 0 Å². The van der Waals surface area contributed by atoms with Crippen LogP contribution in [-0.2, 0) is 11.2 Å². The number of pyridine rings is 1. The van der Waals surface area contributed by atoms with Crippen LogP contribution in [0.15, 0.2) is 40.1 Å². The number of aromatic nitrogens is 2. The third kappa shape index (κ3) is 4.33. The summed E-state index contributed by atoms with van der Waals surface area (Å²) in [6, 6.07) is 4.33. The molecule has 2 amide bonds. The molecule has 3 rings (SSSR count). The van der Waals surface area contributed by atoms with E-state index in [-0.39, 0.29) is 6.03 Å². The van der Waals surface area contributed by atoms with Gasteiger partial charge in [-0.25, -0.2) is 9.78 Å². The number of halogens is 1. The average Bonchev–Trinajstić information content (AvgIpc) is 3.20. The molecule has 27 heavy (non-hydrogen) atoms. The molecule has 1 aliphatic heterocycles. The molecule has 2 unspecified atom stereocenters. The molecule has 146 valence electrons. The summed E-state index contributed by atoms with van der Waals surface area (Å²) in [6.07, 6.45) is 3.55. The molecule has 10 heteroatoms. The summed E-state index contributed by atoms with van der Waals surface area (Å²) in [4.78, 5) is 18.1. The van der Waals surface area contributed by atoms with E-state index < -0.39 is 22.1 Å². The van der Waals surface area contributed by atoms with Gasteiger partial charge in [-0.15, -0.1) is 0 Å². The number of amides is 2. The summed E-state index contributed by atoms with van der Waals surface area (Å²) >= 11 is -1.88. The molecule has 0 aromatic carbocycles. The van der Waals surface area contributed by atoms with E-state index in [0.29, 0.717) is 42.5 Å². The second kappa shape index (κ2) is 8.13. The standard InChI is InChI=1S/C17H21FN4O4S/c1-17(18,27(24)13-3-4-15(25-2)19-11-13)12-5-8-22(9-6-12)16(23)20-14-7-10-26-21-14/h3-4,7,10-12H,5-6,8-9H2,1-2H3,(H,20,21,23). The fraction of sp³-hybridized carbons (Fsp3) is 0.471. The van der Waals surface area contributed by atoms with Crippen molar-refractivity contribution in [3.8, 4) is 5.88 Å². The van der Waals surface area contributed by atoms with Crippen LogP contribution in [-0.4, -0.2) is 50.8 Å². The highest BCUT2D eigenvalue weighted by Crippen LogP contribution is 2.39. The Balaban J connectivity index is 1.58. The van der Waals surface area contributed by atoms with Crippen molar-refractivity contribution in [3.63, 3.8) is 0 Å². The number of piperidine rings is 1. The molecular weight excluding hydrogens is 375 g/mol. The molecule has 1 N–H and O–H groups in total. The molecule has 2 aromatic rings. The lowest BCUT2D eigenvalue weighted by atomic mass is 9.92. The van der Waals surface area contributed by atoms with E-state index in [2.05, 4.69) is 20.0 Å². The van der Waals surface area contributed by atoms with Gasteiger partial charge in [0.25, 0.3) is 5.00 Å². The van der Waals surface area contributed by atoms with Crippen LogP contribution in [0.2, 0.25) is 0 Å². The molecule has 0 saturated carbocycles. The minimum absolute atomic E-state index is 0.312. The number of urea groups is 1. The summed E-state index contributed by atoms with van der Waals surface area (Å²) in [5.74, 6) is 0.268. The van der Waals surface area contributed by atoms with Gasteiger partial charge in [-0.1, -0.05) is 5.16 Å². The number of likely N-dealkylation sites (tertiary alicyclic amines) is 1. The van der Waals surface area contributed by atoms with Crippen LogP contribution in [0.3, 0.4) is 0 Å². The molecule has 8 nitrogen and oxygen atoms in total. The molecule has 1 saturated heterocycles. The summed E-state index contributed by atoms with van der Waals surface area (Å²) in [5, 5.41) is 4.31. The van der Waals surface area contributed by atoms with E-state index in [1.165, 1.54) is 32.6 Å². The van der Waals surface area contributed by atoms with Gasteiger partial charge in [0, 0.05) is 55.3 Å². The third-order valence-corrected chi connectivity index (χ3v) is 6.41. The first-order valence-corrected chi connectivity index (χ1v) is 9.64. The lowest BCUT2D eigenvalue weighted by molar-refractivity contribution is 0.117. The minimum atomic E-state index is -1.93. The monoisotopic (exact) mass is 396 g/mol. The summed E-state index contributed by atoms with van der Waals surface area (Å²) in [5.41, 5.74) is 0. The van der Waals surface area contributed by atoms with Gasteiger partial charge in [-0.2, -0.15) is 4.39 Å². The Bertz CT molecular complexity index is 749. The van der Waals surface area contributed by atoms with Crippen LogP contribution in [0.4, 0.5) is 15.0 Å². The normalized spacial score (nSPS) is 18.6. The first-order chi connectivity index (χ1) is 12.9. The summed E-state index contributed by atoms with van der Waals surface area (Å²) < 4.78 is 37.7. The van der Waals surface area contributed by atoms with Gasteiger partial charge in [0.05, 0.1) is 13.3 Å². The van der Waals surface area contributed by atoms with E-state index in [4.69, 9.17) is 4.74 Å². The van der Waals surface area contributed by atoms with Crippen LogP contribution in [0.5, 0.6) is 5.88 Å². The molecule has 0 spiro atoms. The van der Waals surface area contributed by atoms with Crippen molar-refractivity contribution in [2.75, 3.05) is 25.5 Å². The lowest BCUT2D eigenvalue weighted by Gasteiger charge is -2.37. The number of hydrogen-bond donors (Lipinski definition) is 1. The Labute approximate surface area is 159 Å². The maximum absolute atomic E-state index is 15.4. The van der Waals surface area contributed by atoms with Gasteiger partial charge in [0.15, 0.2) is 10.7 Å². The molecule has 3 heterocycles. The zero-order valence-corrected chi connectivity index (χ0v) is 15.9. The first-order valence-electron chi connectivity index (χ1n) is 8.49. The Morgan fingerprint density at radius 3 is 2.74 bits per heavy atom. The number of alkyl halides is 1. The van der Waals surface area contributed by atoms with E-state index >= 15 is 4.39 Å². The first kappa shape index (κ1) is 19.4. The van der Waals surface area contributed by atoms with Crippen molar-refractivity contribution in [3.05, 3.63) is 30.7 Å². The van der Waals surface area contributed by atoms with Gasteiger partial charge in [-0.3, -0.25) is 5.32 Å². The Morgan fingerprint density at radius 2 is 2.19 bits per heavy atom. The van der Waals surface area contributed by atoms with Crippen LogP contribution >= 0.6 is 0 Å². The number of carbonyl (C=O) groups is 1. The van der Waals surface area contributed by atoms with E-state index in [9.17, 15) is 9.35 Å². The van der Waals surface area contributed by atoms with Gasteiger partial charge in [0.2, 0.25) is 5.88 Å². The minimum Gasteiger partial charge on any atom is -0.609 e. The quantitative estimate of drug-likeness (QED) is 0.780. The molecule has 1 aliphatic rings. The highest BCUT2D eigenvalue weighted by molar-refractivity contribution is 7.92. The number of rotatable bonds is 5. The Hall–Kier alpha value is -2.33. The van der Waals surface area contributed by atoms with Crippen LogP contribution in [0.1, 0.15) is 19.8 Å². The van der Waals surface area contributed by atoms with Gasteiger partial charge < -0.3 is 18.7 Å². The second-order valence-corrected chi connectivity index (χ2v) is 8.17. The fourth-order valence-electron chi connectivity index (χ4n) is 3.04. The summed E-state index contributed by atoms with van der Waals surface area (Å²) in [6.45, 7) is 2.08. The van der Waals surface area contributed by atoms with Crippen molar-refractivity contribution in [1.82, 2.24) is 15.0 Å². The number of methoxy groups -OCH3 is 1. The maximum Gasteiger partial charge on any atom is 0.323 e. The summed E-state index contributed by atoms with van der Waals surface area (Å²) in [7, 11) is 1.48. The van der Waals surface area contributed by atoms with Crippen molar-refractivity contribution in [2.45, 2.75) is 29.7 Å². The van der Waals surface area contributed by atoms with Crippen molar-refractivity contribution < 1.29 is 23.0 Å². The highest BCUT2D eigenvalue weighted by atomic mass is 32.2. The molecule has 0 radical (unpaired) electrons. The largest absolute Gasteiger partial charge is 0.609 e. The van der Waals surface area contributed by atoms with E-state index in [0.717, 1.165) is 0 Å². The molecular formula is C17H21FN4O4S. The molecule has 2 atom stereocenters. The smallest absolute Gasteiger partial charge is 0.323 e.